The molecular formula is C8H13ClF3N3. The zero-order valence-electron chi connectivity index (χ0n) is 8.21. The van der Waals surface area contributed by atoms with Gasteiger partial charge >= 0.3 is 6.18 Å². The highest BCUT2D eigenvalue weighted by molar-refractivity contribution is 5.85. The van der Waals surface area contributed by atoms with Crippen LogP contribution in [0.5, 0.6) is 0 Å². The Morgan fingerprint density at radius 2 is 2.07 bits per heavy atom. The van der Waals surface area contributed by atoms with E-state index < -0.39 is 11.9 Å². The molecule has 1 heterocycles. The second kappa shape index (κ2) is 5.37. The molecule has 0 aliphatic heterocycles. The zero-order valence-corrected chi connectivity index (χ0v) is 9.03. The van der Waals surface area contributed by atoms with E-state index in [1.165, 1.54) is 4.68 Å². The standard InChI is InChI=1S/C8H12F3N3.ClH/c1-6-5-7(8(9,10)11)13-14(6)4-2-3-12;/h5H,2-4,12H2,1H3;1H. The van der Waals surface area contributed by atoms with Gasteiger partial charge in [0.25, 0.3) is 0 Å². The van der Waals surface area contributed by atoms with Crippen LogP contribution in [-0.2, 0) is 12.7 Å². The molecule has 0 saturated heterocycles. The number of alkyl halides is 3. The van der Waals surface area contributed by atoms with Crippen molar-refractivity contribution >= 4 is 12.4 Å². The summed E-state index contributed by atoms with van der Waals surface area (Å²) in [6, 6.07) is 1.04. The van der Waals surface area contributed by atoms with E-state index in [2.05, 4.69) is 5.10 Å². The monoisotopic (exact) mass is 243 g/mol. The topological polar surface area (TPSA) is 43.8 Å². The van der Waals surface area contributed by atoms with Crippen molar-refractivity contribution in [2.45, 2.75) is 26.1 Å². The minimum absolute atomic E-state index is 0. The van der Waals surface area contributed by atoms with E-state index in [1.54, 1.807) is 6.92 Å². The largest absolute Gasteiger partial charge is 0.435 e. The van der Waals surface area contributed by atoms with Crippen LogP contribution in [0.15, 0.2) is 6.07 Å². The lowest BCUT2D eigenvalue weighted by Crippen LogP contribution is -2.10. The Labute approximate surface area is 91.9 Å². The van der Waals surface area contributed by atoms with Crippen LogP contribution in [0.25, 0.3) is 0 Å². The molecule has 0 spiro atoms. The van der Waals surface area contributed by atoms with Gasteiger partial charge in [0.05, 0.1) is 0 Å². The smallest absolute Gasteiger partial charge is 0.330 e. The molecule has 1 aromatic rings. The van der Waals surface area contributed by atoms with Crippen molar-refractivity contribution in [3.05, 3.63) is 17.5 Å². The minimum atomic E-state index is -4.36. The maximum Gasteiger partial charge on any atom is 0.435 e. The summed E-state index contributed by atoms with van der Waals surface area (Å²) in [4.78, 5) is 0. The van der Waals surface area contributed by atoms with Gasteiger partial charge in [0, 0.05) is 12.2 Å². The minimum Gasteiger partial charge on any atom is -0.330 e. The number of hydrogen-bond acceptors (Lipinski definition) is 2. The van der Waals surface area contributed by atoms with Crippen LogP contribution in [0.3, 0.4) is 0 Å². The first-order valence-corrected chi connectivity index (χ1v) is 4.27. The predicted octanol–water partition coefficient (Wildman–Crippen LogP) is 1.98. The summed E-state index contributed by atoms with van der Waals surface area (Å²) in [5, 5.41) is 3.45. The molecule has 88 valence electrons. The first kappa shape index (κ1) is 14.2. The van der Waals surface area contributed by atoms with Crippen LogP contribution < -0.4 is 5.73 Å². The fourth-order valence-corrected chi connectivity index (χ4v) is 1.12. The van der Waals surface area contributed by atoms with Gasteiger partial charge in [-0.3, -0.25) is 4.68 Å². The molecule has 0 atom stereocenters. The summed E-state index contributed by atoms with van der Waals surface area (Å²) >= 11 is 0. The summed E-state index contributed by atoms with van der Waals surface area (Å²) in [5.41, 5.74) is 4.92. The molecule has 0 amide bonds. The summed E-state index contributed by atoms with van der Waals surface area (Å²) in [7, 11) is 0. The van der Waals surface area contributed by atoms with Crippen LogP contribution in [0.1, 0.15) is 17.8 Å². The van der Waals surface area contributed by atoms with Crippen LogP contribution in [0.4, 0.5) is 13.2 Å². The van der Waals surface area contributed by atoms with Gasteiger partial charge in [0.1, 0.15) is 0 Å². The first-order chi connectivity index (χ1) is 6.45. The molecule has 0 fully saturated rings. The van der Waals surface area contributed by atoms with Gasteiger partial charge in [-0.2, -0.15) is 18.3 Å². The Morgan fingerprint density at radius 1 is 1.47 bits per heavy atom. The molecule has 0 bridgehead atoms. The molecule has 1 aromatic heterocycles. The maximum atomic E-state index is 12.2. The van der Waals surface area contributed by atoms with Gasteiger partial charge in [0.15, 0.2) is 5.69 Å². The number of hydrogen-bond donors (Lipinski definition) is 1. The summed E-state index contributed by atoms with van der Waals surface area (Å²) in [5.74, 6) is 0. The molecule has 15 heavy (non-hydrogen) atoms. The van der Waals surface area contributed by atoms with E-state index in [4.69, 9.17) is 5.73 Å². The maximum absolute atomic E-state index is 12.2. The molecule has 7 heteroatoms. The lowest BCUT2D eigenvalue weighted by atomic mass is 10.3. The van der Waals surface area contributed by atoms with E-state index in [0.717, 1.165) is 6.07 Å². The third-order valence-electron chi connectivity index (χ3n) is 1.85. The van der Waals surface area contributed by atoms with Crippen molar-refractivity contribution in [2.75, 3.05) is 6.54 Å². The number of aryl methyl sites for hydroxylation is 2. The average molecular weight is 244 g/mol. The molecule has 2 N–H and O–H groups in total. The molecule has 1 rings (SSSR count). The second-order valence-corrected chi connectivity index (χ2v) is 3.03. The van der Waals surface area contributed by atoms with E-state index >= 15 is 0 Å². The van der Waals surface area contributed by atoms with Crippen LogP contribution >= 0.6 is 12.4 Å². The fourth-order valence-electron chi connectivity index (χ4n) is 1.12. The predicted molar refractivity (Wildman–Crippen MR) is 52.9 cm³/mol. The van der Waals surface area contributed by atoms with Gasteiger partial charge in [-0.1, -0.05) is 0 Å². The quantitative estimate of drug-likeness (QED) is 0.882. The lowest BCUT2D eigenvalue weighted by Gasteiger charge is -2.02. The van der Waals surface area contributed by atoms with E-state index in [0.29, 0.717) is 25.2 Å². The Kier molecular flexibility index (Phi) is 5.10. The first-order valence-electron chi connectivity index (χ1n) is 4.27. The van der Waals surface area contributed by atoms with Crippen LogP contribution in [0, 0.1) is 6.92 Å². The van der Waals surface area contributed by atoms with E-state index in [9.17, 15) is 13.2 Å². The van der Waals surface area contributed by atoms with Crippen molar-refractivity contribution in [1.29, 1.82) is 0 Å². The summed E-state index contributed by atoms with van der Waals surface area (Å²) in [6.45, 7) is 2.47. The lowest BCUT2D eigenvalue weighted by molar-refractivity contribution is -0.141. The van der Waals surface area contributed by atoms with Gasteiger partial charge in [-0.05, 0) is 26.0 Å². The van der Waals surface area contributed by atoms with Gasteiger partial charge in [-0.25, -0.2) is 0 Å². The Balaban J connectivity index is 0.00000196. The van der Waals surface area contributed by atoms with Crippen LogP contribution in [0.2, 0.25) is 0 Å². The summed E-state index contributed by atoms with van der Waals surface area (Å²) in [6.07, 6.45) is -3.74. The number of nitrogens with two attached hydrogens (primary N) is 1. The van der Waals surface area contributed by atoms with Crippen molar-refractivity contribution in [3.63, 3.8) is 0 Å². The molecule has 3 nitrogen and oxygen atoms in total. The summed E-state index contributed by atoms with van der Waals surface area (Å²) < 4.78 is 37.9. The Bertz CT molecular complexity index is 309. The Hall–Kier alpha value is -0.750. The number of nitrogens with zero attached hydrogens (tertiary/aromatic N) is 2. The Morgan fingerprint density at radius 3 is 2.47 bits per heavy atom. The van der Waals surface area contributed by atoms with Crippen LogP contribution in [-0.4, -0.2) is 16.3 Å². The van der Waals surface area contributed by atoms with Crippen molar-refractivity contribution in [3.8, 4) is 0 Å². The second-order valence-electron chi connectivity index (χ2n) is 3.03. The highest BCUT2D eigenvalue weighted by atomic mass is 35.5. The highest BCUT2D eigenvalue weighted by Gasteiger charge is 2.34. The van der Waals surface area contributed by atoms with Gasteiger partial charge < -0.3 is 5.73 Å². The van der Waals surface area contributed by atoms with Gasteiger partial charge in [-0.15, -0.1) is 12.4 Å². The zero-order chi connectivity index (χ0) is 10.8. The third kappa shape index (κ3) is 3.71. The molecule has 0 aliphatic carbocycles. The van der Waals surface area contributed by atoms with E-state index in [1.807, 2.05) is 0 Å². The normalized spacial score (nSPS) is 11.3. The molecule has 0 unspecified atom stereocenters. The number of rotatable bonds is 3. The van der Waals surface area contributed by atoms with Gasteiger partial charge in [0.2, 0.25) is 0 Å². The molecule has 0 saturated carbocycles. The number of aromatic nitrogens is 2. The number of halogens is 4. The van der Waals surface area contributed by atoms with Crippen molar-refractivity contribution in [1.82, 2.24) is 9.78 Å². The fraction of sp³-hybridized carbons (Fsp3) is 0.625. The molecule has 0 aliphatic rings. The third-order valence-corrected chi connectivity index (χ3v) is 1.85. The van der Waals surface area contributed by atoms with E-state index in [-0.39, 0.29) is 12.4 Å². The molecule has 0 aromatic carbocycles. The highest BCUT2D eigenvalue weighted by Crippen LogP contribution is 2.28. The van der Waals surface area contributed by atoms with Crippen molar-refractivity contribution in [2.24, 2.45) is 5.73 Å². The SMILES string of the molecule is Cc1cc(C(F)(F)F)nn1CCCN.Cl. The average Bonchev–Trinajstić information content (AvgIpc) is 2.43. The molecule has 0 radical (unpaired) electrons. The molecular weight excluding hydrogens is 231 g/mol. The van der Waals surface area contributed by atoms with Crippen molar-refractivity contribution < 1.29 is 13.2 Å².